The summed E-state index contributed by atoms with van der Waals surface area (Å²) in [5.74, 6) is 2.12. The van der Waals surface area contributed by atoms with E-state index in [0.29, 0.717) is 4.58 Å². The lowest BCUT2D eigenvalue weighted by Crippen LogP contribution is -2.04. The Bertz CT molecular complexity index is 699. The van der Waals surface area contributed by atoms with Gasteiger partial charge in [-0.25, -0.2) is 0 Å². The number of benzene rings is 3. The maximum atomic E-state index is 3.52. The van der Waals surface area contributed by atoms with E-state index in [-0.39, 0.29) is 0 Å². The van der Waals surface area contributed by atoms with Crippen molar-refractivity contribution >= 4 is 39.5 Å². The molecule has 0 bridgehead atoms. The minimum Gasteiger partial charge on any atom is -0.142 e. The molecule has 25 heavy (non-hydrogen) atoms. The van der Waals surface area contributed by atoms with Crippen LogP contribution in [0.5, 0.6) is 0 Å². The molecule has 0 aliphatic carbocycles. The van der Waals surface area contributed by atoms with E-state index < -0.39 is 0 Å². The van der Waals surface area contributed by atoms with E-state index in [1.165, 1.54) is 16.7 Å². The Balaban J connectivity index is 1.62. The average molecular weight is 429 g/mol. The fraction of sp³-hybridized carbons (Fsp3) is 0.182. The fourth-order valence-corrected chi connectivity index (χ4v) is 5.33. The van der Waals surface area contributed by atoms with Gasteiger partial charge in [-0.15, -0.1) is 23.5 Å². The van der Waals surface area contributed by atoms with E-state index in [1.54, 1.807) is 0 Å². The molecule has 0 unspecified atom stereocenters. The van der Waals surface area contributed by atoms with Gasteiger partial charge in [-0.05, 0) is 35.2 Å². The van der Waals surface area contributed by atoms with Crippen LogP contribution >= 0.6 is 39.5 Å². The largest absolute Gasteiger partial charge is 0.142 e. The number of thioether (sulfide) groups is 2. The van der Waals surface area contributed by atoms with Gasteiger partial charge in [0.25, 0.3) is 0 Å². The molecule has 0 fully saturated rings. The monoisotopic (exact) mass is 428 g/mol. The lowest BCUT2D eigenvalue weighted by molar-refractivity contribution is 1.10. The van der Waals surface area contributed by atoms with Gasteiger partial charge >= 0.3 is 0 Å². The van der Waals surface area contributed by atoms with Crippen LogP contribution in [0.3, 0.4) is 0 Å². The normalized spacial score (nSPS) is 11.0. The summed E-state index contributed by atoms with van der Waals surface area (Å²) >= 11 is 7.61. The summed E-state index contributed by atoms with van der Waals surface area (Å²) in [6, 6.07) is 30.2. The smallest absolute Gasteiger partial charge is 0.0549 e. The SMILES string of the molecule is Brc1ccc(CC(SCc2ccccc2)SCc2ccccc2)cc1. The van der Waals surface area contributed by atoms with E-state index in [9.17, 15) is 0 Å². The highest BCUT2D eigenvalue weighted by Gasteiger charge is 2.12. The quantitative estimate of drug-likeness (QED) is 0.348. The zero-order valence-electron chi connectivity index (χ0n) is 14.0. The number of hydrogen-bond acceptors (Lipinski definition) is 2. The summed E-state index contributed by atoms with van der Waals surface area (Å²) < 4.78 is 1.68. The first-order valence-corrected chi connectivity index (χ1v) is 11.2. The van der Waals surface area contributed by atoms with Crippen LogP contribution in [0.25, 0.3) is 0 Å². The molecule has 0 atom stereocenters. The molecule has 3 heteroatoms. The molecule has 0 nitrogen and oxygen atoms in total. The minimum absolute atomic E-state index is 0.543. The summed E-state index contributed by atoms with van der Waals surface area (Å²) in [5.41, 5.74) is 4.19. The zero-order chi connectivity index (χ0) is 17.3. The van der Waals surface area contributed by atoms with Crippen LogP contribution in [0.4, 0.5) is 0 Å². The number of rotatable bonds is 8. The number of hydrogen-bond donors (Lipinski definition) is 0. The van der Waals surface area contributed by atoms with Gasteiger partial charge < -0.3 is 0 Å². The highest BCUT2D eigenvalue weighted by Crippen LogP contribution is 2.32. The second kappa shape index (κ2) is 10.1. The first-order valence-electron chi connectivity index (χ1n) is 8.35. The van der Waals surface area contributed by atoms with E-state index in [2.05, 4.69) is 101 Å². The van der Waals surface area contributed by atoms with Crippen molar-refractivity contribution in [1.29, 1.82) is 0 Å². The van der Waals surface area contributed by atoms with Crippen molar-refractivity contribution in [2.75, 3.05) is 0 Å². The topological polar surface area (TPSA) is 0 Å². The molecule has 128 valence electrons. The Hall–Kier alpha value is -1.16. The van der Waals surface area contributed by atoms with Crippen molar-refractivity contribution in [1.82, 2.24) is 0 Å². The minimum atomic E-state index is 0.543. The first-order chi connectivity index (χ1) is 12.3. The van der Waals surface area contributed by atoms with Crippen molar-refractivity contribution in [2.24, 2.45) is 0 Å². The maximum absolute atomic E-state index is 3.52. The molecule has 3 aromatic carbocycles. The first kappa shape index (κ1) is 18.6. The van der Waals surface area contributed by atoms with Gasteiger partial charge in [-0.1, -0.05) is 88.7 Å². The lowest BCUT2D eigenvalue weighted by Gasteiger charge is -2.17. The van der Waals surface area contributed by atoms with Gasteiger partial charge in [0.05, 0.1) is 4.58 Å². The summed E-state index contributed by atoms with van der Waals surface area (Å²) in [4.78, 5) is 0. The average Bonchev–Trinajstić information content (AvgIpc) is 2.67. The van der Waals surface area contributed by atoms with Crippen molar-refractivity contribution < 1.29 is 0 Å². The molecule has 3 aromatic rings. The van der Waals surface area contributed by atoms with Gasteiger partial charge in [-0.2, -0.15) is 0 Å². The molecule has 0 radical (unpaired) electrons. The van der Waals surface area contributed by atoms with Crippen molar-refractivity contribution in [3.63, 3.8) is 0 Å². The van der Waals surface area contributed by atoms with E-state index in [4.69, 9.17) is 0 Å². The Morgan fingerprint density at radius 1 is 0.600 bits per heavy atom. The van der Waals surface area contributed by atoms with Crippen LogP contribution < -0.4 is 0 Å². The van der Waals surface area contributed by atoms with Crippen LogP contribution in [0.15, 0.2) is 89.4 Å². The third-order valence-electron chi connectivity index (χ3n) is 3.87. The molecule has 0 N–H and O–H groups in total. The van der Waals surface area contributed by atoms with E-state index in [0.717, 1.165) is 22.4 Å². The van der Waals surface area contributed by atoms with Crippen LogP contribution in [-0.2, 0) is 17.9 Å². The maximum Gasteiger partial charge on any atom is 0.0549 e. The van der Waals surface area contributed by atoms with Crippen LogP contribution in [0.2, 0.25) is 0 Å². The molecule has 0 heterocycles. The predicted octanol–water partition coefficient (Wildman–Crippen LogP) is 7.18. The molecule has 0 saturated heterocycles. The molecule has 0 aliphatic rings. The Morgan fingerprint density at radius 3 is 1.56 bits per heavy atom. The summed E-state index contributed by atoms with van der Waals surface area (Å²) in [7, 11) is 0. The molecule has 0 saturated carbocycles. The number of halogens is 1. The predicted molar refractivity (Wildman–Crippen MR) is 117 cm³/mol. The van der Waals surface area contributed by atoms with Crippen LogP contribution in [0, 0.1) is 0 Å². The van der Waals surface area contributed by atoms with Crippen LogP contribution in [-0.4, -0.2) is 4.58 Å². The van der Waals surface area contributed by atoms with Crippen molar-refractivity contribution in [2.45, 2.75) is 22.5 Å². The summed E-state index contributed by atoms with van der Waals surface area (Å²) in [5, 5.41) is 0. The Kier molecular flexibility index (Phi) is 7.53. The van der Waals surface area contributed by atoms with Crippen LogP contribution in [0.1, 0.15) is 16.7 Å². The fourth-order valence-electron chi connectivity index (χ4n) is 2.51. The zero-order valence-corrected chi connectivity index (χ0v) is 17.2. The molecule has 0 aromatic heterocycles. The van der Waals surface area contributed by atoms with Crippen molar-refractivity contribution in [3.05, 3.63) is 106 Å². The molecule has 0 aliphatic heterocycles. The highest BCUT2D eigenvalue weighted by molar-refractivity contribution is 9.10. The lowest BCUT2D eigenvalue weighted by atomic mass is 10.2. The summed E-state index contributed by atoms with van der Waals surface area (Å²) in [6.45, 7) is 0. The summed E-state index contributed by atoms with van der Waals surface area (Å²) in [6.07, 6.45) is 1.09. The molecular weight excluding hydrogens is 408 g/mol. The standard InChI is InChI=1S/C22H21BrS2/c23-21-13-11-18(12-14-21)15-22(24-16-19-7-3-1-4-8-19)25-17-20-9-5-2-6-10-20/h1-14,22H,15-17H2. The Labute approximate surface area is 167 Å². The Morgan fingerprint density at radius 2 is 1.08 bits per heavy atom. The van der Waals surface area contributed by atoms with Gasteiger partial charge in [0.15, 0.2) is 0 Å². The van der Waals surface area contributed by atoms with Crippen molar-refractivity contribution in [3.8, 4) is 0 Å². The highest BCUT2D eigenvalue weighted by atomic mass is 79.9. The van der Waals surface area contributed by atoms with E-state index >= 15 is 0 Å². The second-order valence-electron chi connectivity index (χ2n) is 5.85. The van der Waals surface area contributed by atoms with Gasteiger partial charge in [0, 0.05) is 16.0 Å². The van der Waals surface area contributed by atoms with Gasteiger partial charge in [0.1, 0.15) is 0 Å². The van der Waals surface area contributed by atoms with Gasteiger partial charge in [0.2, 0.25) is 0 Å². The molecule has 0 amide bonds. The third-order valence-corrected chi connectivity index (χ3v) is 7.30. The molecule has 0 spiro atoms. The molecule has 3 rings (SSSR count). The second-order valence-corrected chi connectivity index (χ2v) is 9.45. The molecular formula is C22H21BrS2. The third kappa shape index (κ3) is 6.58. The van der Waals surface area contributed by atoms with E-state index in [1.807, 2.05) is 23.5 Å². The van der Waals surface area contributed by atoms with Gasteiger partial charge in [-0.3, -0.25) is 0 Å².